The van der Waals surface area contributed by atoms with Crippen molar-refractivity contribution in [2.45, 2.75) is 37.3 Å². The van der Waals surface area contributed by atoms with Crippen LogP contribution in [0.25, 0.3) is 0 Å². The fraction of sp³-hybridized carbons (Fsp3) is 0.900. The molecule has 0 saturated heterocycles. The summed E-state index contributed by atoms with van der Waals surface area (Å²) in [6, 6.07) is 0. The van der Waals surface area contributed by atoms with Gasteiger partial charge in [0, 0.05) is 11.3 Å². The lowest BCUT2D eigenvalue weighted by Gasteiger charge is -2.31. The summed E-state index contributed by atoms with van der Waals surface area (Å²) in [5, 5.41) is 0. The van der Waals surface area contributed by atoms with Gasteiger partial charge in [-0.3, -0.25) is 9.35 Å². The highest BCUT2D eigenvalue weighted by molar-refractivity contribution is 9.12. The number of alkyl halides is 1. The largest absolute Gasteiger partial charge is 0.344 e. The highest BCUT2D eigenvalue weighted by atomic mass is 79.9. The molecule has 4 N–H and O–H groups in total. The normalized spacial score (nSPS) is 43.6. The van der Waals surface area contributed by atoms with Gasteiger partial charge in [-0.15, -0.1) is 0 Å². The molecule has 0 aromatic heterocycles. The highest BCUT2D eigenvalue weighted by Gasteiger charge is 2.76. The molecule has 0 radical (unpaired) electrons. The summed E-state index contributed by atoms with van der Waals surface area (Å²) in [6.45, 7) is 5.59. The van der Waals surface area contributed by atoms with Crippen molar-refractivity contribution in [3.05, 3.63) is 0 Å². The van der Waals surface area contributed by atoms with E-state index in [2.05, 4.69) is 15.9 Å². The maximum Gasteiger partial charge on any atom is 0.288 e. The van der Waals surface area contributed by atoms with Gasteiger partial charge in [-0.1, -0.05) is 36.7 Å². The highest BCUT2D eigenvalue weighted by Crippen LogP contribution is 2.70. The summed E-state index contributed by atoms with van der Waals surface area (Å²) in [4.78, 5) is 12.3. The van der Waals surface area contributed by atoms with Gasteiger partial charge < -0.3 is 6.15 Å². The van der Waals surface area contributed by atoms with Gasteiger partial charge in [0.15, 0.2) is 5.78 Å². The van der Waals surface area contributed by atoms with Crippen LogP contribution in [0.15, 0.2) is 0 Å². The predicted octanol–water partition coefficient (Wildman–Crippen LogP) is 2.15. The van der Waals surface area contributed by atoms with Gasteiger partial charge in [0.2, 0.25) is 3.66 Å². The third-order valence-electron chi connectivity index (χ3n) is 4.86. The SMILES string of the molecule is CC12CCC(C1(C)C)C(Br)(S(=O)(=O)O)C2=O.N. The van der Waals surface area contributed by atoms with E-state index in [-0.39, 0.29) is 12.1 Å². The zero-order valence-corrected chi connectivity index (χ0v) is 12.6. The number of rotatable bonds is 1. The van der Waals surface area contributed by atoms with Crippen LogP contribution < -0.4 is 6.15 Å². The molecule has 2 bridgehead atoms. The molecule has 2 aliphatic carbocycles. The van der Waals surface area contributed by atoms with E-state index in [1.807, 2.05) is 13.8 Å². The predicted molar refractivity (Wildman–Crippen MR) is 67.8 cm³/mol. The zero-order valence-electron chi connectivity index (χ0n) is 10.2. The van der Waals surface area contributed by atoms with Gasteiger partial charge in [-0.25, -0.2) is 0 Å². The van der Waals surface area contributed by atoms with Gasteiger partial charge in [0.25, 0.3) is 10.1 Å². The Morgan fingerprint density at radius 3 is 2.06 bits per heavy atom. The molecule has 100 valence electrons. The summed E-state index contributed by atoms with van der Waals surface area (Å²) in [6.07, 6.45) is 1.33. The number of carbonyl (C=O) groups is 1. The van der Waals surface area contributed by atoms with Crippen LogP contribution in [-0.4, -0.2) is 22.4 Å². The van der Waals surface area contributed by atoms with Crippen LogP contribution in [-0.2, 0) is 14.9 Å². The number of carbonyl (C=O) groups excluding carboxylic acids is 1. The fourth-order valence-corrected chi connectivity index (χ4v) is 5.86. The lowest BCUT2D eigenvalue weighted by molar-refractivity contribution is -0.128. The second kappa shape index (κ2) is 3.53. The molecule has 2 saturated carbocycles. The average molecular weight is 328 g/mol. The Labute approximate surface area is 110 Å². The van der Waals surface area contributed by atoms with Crippen LogP contribution in [0.2, 0.25) is 0 Å². The third-order valence-corrected chi connectivity index (χ3v) is 8.22. The van der Waals surface area contributed by atoms with Crippen molar-refractivity contribution < 1.29 is 17.8 Å². The number of ketones is 1. The van der Waals surface area contributed by atoms with E-state index in [0.29, 0.717) is 12.8 Å². The number of fused-ring (bicyclic) bond motifs is 2. The molecule has 0 amide bonds. The molecule has 2 rings (SSSR count). The number of hydrogen-bond donors (Lipinski definition) is 2. The standard InChI is InChI=1S/C10H15BrO4S.H3N/c1-8(2)6-4-5-9(8,3)7(12)10(6,11)16(13,14)15;/h6H,4-5H2,1-3H3,(H,13,14,15);1H3. The second-order valence-corrected chi connectivity index (χ2v) is 8.96. The first kappa shape index (κ1) is 15.1. The Bertz CT molecular complexity index is 475. The van der Waals surface area contributed by atoms with Crippen LogP contribution in [0.4, 0.5) is 0 Å². The first-order valence-corrected chi connectivity index (χ1v) is 7.44. The zero-order chi connectivity index (χ0) is 12.6. The van der Waals surface area contributed by atoms with Crippen LogP contribution in [0.1, 0.15) is 33.6 Å². The van der Waals surface area contributed by atoms with Crippen molar-refractivity contribution in [3.63, 3.8) is 0 Å². The van der Waals surface area contributed by atoms with Gasteiger partial charge >= 0.3 is 0 Å². The van der Waals surface area contributed by atoms with Gasteiger partial charge in [-0.05, 0) is 18.3 Å². The summed E-state index contributed by atoms with van der Waals surface area (Å²) >= 11 is 3.01. The maximum atomic E-state index is 12.3. The summed E-state index contributed by atoms with van der Waals surface area (Å²) in [5.74, 6) is -0.767. The van der Waals surface area contributed by atoms with E-state index in [0.717, 1.165) is 0 Å². The minimum atomic E-state index is -4.42. The Kier molecular flexibility index (Phi) is 3.13. The molecular formula is C10H18BrNO4S. The minimum absolute atomic E-state index is 0. The topological polar surface area (TPSA) is 106 Å². The molecule has 0 heterocycles. The molecule has 17 heavy (non-hydrogen) atoms. The van der Waals surface area contributed by atoms with Crippen molar-refractivity contribution in [1.82, 2.24) is 6.15 Å². The van der Waals surface area contributed by atoms with Crippen molar-refractivity contribution >= 4 is 31.8 Å². The summed E-state index contributed by atoms with van der Waals surface area (Å²) < 4.78 is 30.5. The molecule has 3 unspecified atom stereocenters. The number of hydrogen-bond acceptors (Lipinski definition) is 4. The first-order valence-electron chi connectivity index (χ1n) is 5.20. The van der Waals surface area contributed by atoms with E-state index in [1.54, 1.807) is 6.92 Å². The molecule has 0 spiro atoms. The molecular weight excluding hydrogens is 310 g/mol. The molecule has 0 aliphatic heterocycles. The lowest BCUT2D eigenvalue weighted by Crippen LogP contribution is -2.47. The van der Waals surface area contributed by atoms with Crippen molar-refractivity contribution in [2.75, 3.05) is 0 Å². The average Bonchev–Trinajstić information content (AvgIpc) is 2.39. The third kappa shape index (κ3) is 1.37. The second-order valence-electron chi connectivity index (χ2n) is 5.59. The van der Waals surface area contributed by atoms with Gasteiger partial charge in [-0.2, -0.15) is 8.42 Å². The van der Waals surface area contributed by atoms with Crippen molar-refractivity contribution in [2.24, 2.45) is 16.7 Å². The van der Waals surface area contributed by atoms with Crippen LogP contribution in [0.5, 0.6) is 0 Å². The minimum Gasteiger partial charge on any atom is -0.344 e. The molecule has 3 atom stereocenters. The summed E-state index contributed by atoms with van der Waals surface area (Å²) in [5.41, 5.74) is -1.08. The van der Waals surface area contributed by atoms with Gasteiger partial charge in [0.05, 0.1) is 0 Å². The van der Waals surface area contributed by atoms with E-state index in [4.69, 9.17) is 0 Å². The molecule has 2 fully saturated rings. The van der Waals surface area contributed by atoms with Crippen LogP contribution in [0.3, 0.4) is 0 Å². The van der Waals surface area contributed by atoms with Crippen molar-refractivity contribution in [1.29, 1.82) is 0 Å². The van der Waals surface area contributed by atoms with Crippen LogP contribution >= 0.6 is 15.9 Å². The van der Waals surface area contributed by atoms with E-state index >= 15 is 0 Å². The first-order chi connectivity index (χ1) is 6.99. The van der Waals surface area contributed by atoms with Crippen LogP contribution in [0, 0.1) is 16.7 Å². The summed E-state index contributed by atoms with van der Waals surface area (Å²) in [7, 11) is -4.42. The quantitative estimate of drug-likeness (QED) is 0.566. The Morgan fingerprint density at radius 2 is 1.82 bits per heavy atom. The fourth-order valence-electron chi connectivity index (χ4n) is 3.39. The van der Waals surface area contributed by atoms with E-state index < -0.39 is 30.4 Å². The molecule has 5 nitrogen and oxygen atoms in total. The maximum absolute atomic E-state index is 12.3. The molecule has 2 aliphatic rings. The Morgan fingerprint density at radius 1 is 1.35 bits per heavy atom. The Hall–Kier alpha value is 0.0200. The number of Topliss-reactive ketones (excluding diaryl/α,β-unsaturated/α-hetero) is 1. The monoisotopic (exact) mass is 327 g/mol. The lowest BCUT2D eigenvalue weighted by atomic mass is 9.70. The van der Waals surface area contributed by atoms with Crippen molar-refractivity contribution in [3.8, 4) is 0 Å². The van der Waals surface area contributed by atoms with E-state index in [1.165, 1.54) is 0 Å². The van der Waals surface area contributed by atoms with Gasteiger partial charge in [0.1, 0.15) is 0 Å². The van der Waals surface area contributed by atoms with E-state index in [9.17, 15) is 17.8 Å². The molecule has 0 aromatic rings. The smallest absolute Gasteiger partial charge is 0.288 e. The number of halogens is 1. The Balaban J connectivity index is 0.00000144. The molecule has 7 heteroatoms. The molecule has 0 aromatic carbocycles.